The first-order valence-electron chi connectivity index (χ1n) is 5.99. The van der Waals surface area contributed by atoms with E-state index in [1.165, 1.54) is 0 Å². The summed E-state index contributed by atoms with van der Waals surface area (Å²) in [4.78, 5) is 10.2. The molecule has 8 heteroatoms. The van der Waals surface area contributed by atoms with Crippen molar-refractivity contribution in [3.05, 3.63) is 14.2 Å². The van der Waals surface area contributed by atoms with Gasteiger partial charge in [-0.3, -0.25) is 4.79 Å². The number of carbonyl (C=O) groups excluding carboxylic acids is 1. The fourth-order valence-electron chi connectivity index (χ4n) is 1.03. The monoisotopic (exact) mass is 544 g/mol. The predicted octanol–water partition coefficient (Wildman–Crippen LogP) is -0.369. The van der Waals surface area contributed by atoms with Gasteiger partial charge in [-0.2, -0.15) is 0 Å². The summed E-state index contributed by atoms with van der Waals surface area (Å²) >= 11 is 0. The molecule has 0 aromatic carbocycles. The van der Waals surface area contributed by atoms with Crippen LogP contribution in [-0.2, 0) is 23.7 Å². The summed E-state index contributed by atoms with van der Waals surface area (Å²) in [5.41, 5.74) is 4.85. The summed E-state index contributed by atoms with van der Waals surface area (Å²) in [6.45, 7) is 2.12. The fourth-order valence-corrected chi connectivity index (χ4v) is 1.03. The van der Waals surface area contributed by atoms with Crippen molar-refractivity contribution >= 4 is 5.91 Å². The Balaban J connectivity index is 0. The third-order valence-electron chi connectivity index (χ3n) is 2.10. The summed E-state index contributed by atoms with van der Waals surface area (Å²) in [5, 5.41) is 9.01. The van der Waals surface area contributed by atoms with Crippen LogP contribution in [0.2, 0.25) is 0 Å². The van der Waals surface area contributed by atoms with Gasteiger partial charge >= 0.3 is 0 Å². The minimum atomic E-state index is -0.699. The summed E-state index contributed by atoms with van der Waals surface area (Å²) in [6.07, 6.45) is 0.957. The quantitative estimate of drug-likeness (QED) is 0.221. The van der Waals surface area contributed by atoms with Crippen LogP contribution in [-0.4, -0.2) is 56.3 Å². The maximum absolute atomic E-state index is 10.2. The van der Waals surface area contributed by atoms with E-state index in [2.05, 4.69) is 23.7 Å². The first kappa shape index (κ1) is 20.6. The minimum absolute atomic E-state index is 0. The molecule has 1 amide bonds. The Morgan fingerprint density at radius 3 is 2.45 bits per heavy atom. The van der Waals surface area contributed by atoms with Crippen LogP contribution in [0.25, 0.3) is 0 Å². The molecule has 1 saturated heterocycles. The number of primary amides is 1. The van der Waals surface area contributed by atoms with Gasteiger partial charge < -0.3 is 29.8 Å². The Hall–Kier alpha value is -1.73. The molecule has 0 radical (unpaired) electrons. The van der Waals surface area contributed by atoms with Crippen molar-refractivity contribution in [2.45, 2.75) is 25.0 Å². The third-order valence-corrected chi connectivity index (χ3v) is 2.10. The predicted molar refractivity (Wildman–Crippen MR) is 67.6 cm³/mol. The average Bonchev–Trinajstić information content (AvgIpc) is 3.17. The zero-order valence-electron chi connectivity index (χ0n) is 11.8. The van der Waals surface area contributed by atoms with Crippen LogP contribution in [0, 0.1) is 14.2 Å². The zero-order chi connectivity index (χ0) is 14.5. The number of hydrogen-bond acceptors (Lipinski definition) is 6. The molecule has 0 aliphatic carbocycles. The second kappa shape index (κ2) is 13.7. The van der Waals surface area contributed by atoms with E-state index in [1.54, 1.807) is 0 Å². The van der Waals surface area contributed by atoms with Gasteiger partial charge in [-0.15, -0.1) is 0 Å². The summed E-state index contributed by atoms with van der Waals surface area (Å²) < 4.78 is 18.8. The Labute approximate surface area is 114 Å². The minimum Gasteiger partial charge on any atom is -0.555 e. The van der Waals surface area contributed by atoms with E-state index in [1.807, 2.05) is 0 Å². The number of epoxide rings is 1. The van der Waals surface area contributed by atoms with Gasteiger partial charge in [0.25, 0.3) is 0 Å². The number of carbonyl (C=O) groups is 1. The smallest absolute Gasteiger partial charge is 0.219 e. The van der Waals surface area contributed by atoms with Crippen molar-refractivity contribution in [1.82, 2.24) is 0 Å². The van der Waals surface area contributed by atoms with Crippen LogP contribution in [0.1, 0.15) is 12.8 Å². The molecule has 116 valence electrons. The van der Waals surface area contributed by atoms with Crippen LogP contribution >= 0.6 is 0 Å². The molecular formula is C12H23NO6Rf-2. The second-order valence-corrected chi connectivity index (χ2v) is 3.97. The van der Waals surface area contributed by atoms with Crippen molar-refractivity contribution in [3.8, 4) is 0 Å². The van der Waals surface area contributed by atoms with Gasteiger partial charge in [-0.1, -0.05) is 0 Å². The number of aliphatic hydroxyl groups excluding tert-OH is 1. The largest absolute Gasteiger partial charge is 0.555 e. The number of nitrogens with two attached hydrogens (primary N) is 1. The Kier molecular flexibility index (Phi) is 14.1. The van der Waals surface area contributed by atoms with E-state index in [0.29, 0.717) is 6.10 Å². The van der Waals surface area contributed by atoms with Crippen molar-refractivity contribution in [3.63, 3.8) is 0 Å². The summed E-state index contributed by atoms with van der Waals surface area (Å²) in [6, 6.07) is 0. The van der Waals surface area contributed by atoms with Crippen LogP contribution in [0.3, 0.4) is 0 Å². The van der Waals surface area contributed by atoms with E-state index >= 15 is 0 Å². The van der Waals surface area contributed by atoms with Crippen LogP contribution in [0.15, 0.2) is 0 Å². The number of hydrogen-bond donors (Lipinski definition) is 2. The second-order valence-electron chi connectivity index (χ2n) is 3.97. The summed E-state index contributed by atoms with van der Waals surface area (Å²) in [7, 11) is 6.32. The molecule has 1 aliphatic rings. The van der Waals surface area contributed by atoms with Gasteiger partial charge in [0.05, 0.1) is 32.0 Å². The van der Waals surface area contributed by atoms with Gasteiger partial charge in [-0.05, 0) is 6.42 Å². The summed E-state index contributed by atoms with van der Waals surface area (Å²) in [5.74, 6) is -0.419. The molecule has 0 saturated carbocycles. The maximum atomic E-state index is 10.2. The molecule has 1 fully saturated rings. The normalized spacial score (nSPS) is 17.4. The van der Waals surface area contributed by atoms with E-state index in [0.717, 1.165) is 19.6 Å². The molecule has 20 heavy (non-hydrogen) atoms. The first-order chi connectivity index (χ1) is 9.10. The van der Waals surface area contributed by atoms with Gasteiger partial charge in [-0.25, -0.2) is 14.2 Å². The topological polar surface area (TPSA) is 104 Å². The molecule has 2 atom stereocenters. The van der Waals surface area contributed by atoms with E-state index in [4.69, 9.17) is 20.3 Å². The third kappa shape index (κ3) is 16.3. The van der Waals surface area contributed by atoms with E-state index < -0.39 is 12.0 Å². The molecule has 0 bridgehead atoms. The average molecular weight is 544 g/mol. The van der Waals surface area contributed by atoms with Crippen molar-refractivity contribution in [2.75, 3.05) is 33.0 Å². The molecule has 1 rings (SSSR count). The molecule has 0 spiro atoms. The first-order valence-corrected chi connectivity index (χ1v) is 5.99. The Morgan fingerprint density at radius 2 is 2.00 bits per heavy atom. The standard InChI is InChI=1S/C7H14NO4.C5H9O2.Rf/c1-11-4-6(9)5-12-3-2-7(8)10;1-6-3-2-5-4-7-5;/h6,9H,1-5H2,(H2,8,10);5H,1-4H2;/q2*-1;. The molecular weight excluding hydrogens is 521 g/mol. The van der Waals surface area contributed by atoms with Gasteiger partial charge in [0.1, 0.15) is 0 Å². The van der Waals surface area contributed by atoms with Crippen LogP contribution in [0.4, 0.5) is 0 Å². The van der Waals surface area contributed by atoms with E-state index in [-0.39, 0.29) is 26.2 Å². The zero-order valence-corrected chi connectivity index (χ0v) is 18.2. The van der Waals surface area contributed by atoms with Crippen LogP contribution < -0.4 is 5.73 Å². The number of rotatable bonds is 10. The Morgan fingerprint density at radius 1 is 1.35 bits per heavy atom. The molecule has 0 aromatic heterocycles. The molecule has 0 aromatic rings. The molecule has 1 heterocycles. The van der Waals surface area contributed by atoms with Crippen molar-refractivity contribution in [2.24, 2.45) is 5.73 Å². The van der Waals surface area contributed by atoms with Gasteiger partial charge in [0, 0.05) is 19.6 Å². The van der Waals surface area contributed by atoms with Gasteiger partial charge in [0.2, 0.25) is 5.91 Å². The molecule has 2 unspecified atom stereocenters. The number of amides is 1. The van der Waals surface area contributed by atoms with E-state index in [9.17, 15) is 4.79 Å². The number of aliphatic hydroxyl groups is 1. The Bertz CT molecular complexity index is 228. The van der Waals surface area contributed by atoms with Gasteiger partial charge in [0.15, 0.2) is 0 Å². The van der Waals surface area contributed by atoms with Crippen LogP contribution in [0.5, 0.6) is 0 Å². The fraction of sp³-hybridized carbons (Fsp3) is 0.750. The molecule has 7 nitrogen and oxygen atoms in total. The molecule has 3 N–H and O–H groups in total. The number of ether oxygens (including phenoxy) is 4. The van der Waals surface area contributed by atoms with Crippen molar-refractivity contribution < 1.29 is 28.8 Å². The maximum Gasteiger partial charge on any atom is 0.219 e. The SMILES string of the molecule is [CH2-]OCC(O)COCCC(N)=O.[CH2-]OCCC1CO1.[Rf]. The van der Waals surface area contributed by atoms with Crippen molar-refractivity contribution in [1.29, 1.82) is 0 Å². The molecule has 1 aliphatic heterocycles.